The largest absolute Gasteiger partial charge is 0.508 e. The summed E-state index contributed by atoms with van der Waals surface area (Å²) in [6, 6.07) is 11.4. The van der Waals surface area contributed by atoms with Gasteiger partial charge in [-0.15, -0.1) is 0 Å². The minimum Gasteiger partial charge on any atom is -0.508 e. The zero-order chi connectivity index (χ0) is 15.2. The van der Waals surface area contributed by atoms with E-state index in [0.717, 1.165) is 17.5 Å². The molecular weight excluding hydrogens is 269 g/mol. The molecule has 112 valence electrons. The first-order valence-corrected chi connectivity index (χ1v) is 7.02. The summed E-state index contributed by atoms with van der Waals surface area (Å²) in [7, 11) is 0. The summed E-state index contributed by atoms with van der Waals surface area (Å²) in [5.74, 6) is 0.373. The first kappa shape index (κ1) is 15.3. The van der Waals surface area contributed by atoms with Crippen LogP contribution in [-0.2, 0) is 13.0 Å². The van der Waals surface area contributed by atoms with E-state index in [2.05, 4.69) is 0 Å². The van der Waals surface area contributed by atoms with Crippen LogP contribution in [0.2, 0.25) is 0 Å². The highest BCUT2D eigenvalue weighted by Gasteiger charge is 2.06. The summed E-state index contributed by atoms with van der Waals surface area (Å²) in [5, 5.41) is 9.22. The number of hydrogen-bond acceptors (Lipinski definition) is 3. The van der Waals surface area contributed by atoms with Gasteiger partial charge in [0.1, 0.15) is 23.9 Å². The standard InChI is InChI=1S/C17H20FNO2/c1-2-15(19)8-13-7-14(18)10-17(9-13)21-11-12-3-5-16(20)6-4-12/h3-7,9-10,15,20H,2,8,11,19H2,1H3. The van der Waals surface area contributed by atoms with Crippen LogP contribution >= 0.6 is 0 Å². The topological polar surface area (TPSA) is 55.5 Å². The van der Waals surface area contributed by atoms with Crippen LogP contribution in [0.1, 0.15) is 24.5 Å². The molecule has 0 aromatic heterocycles. The van der Waals surface area contributed by atoms with Gasteiger partial charge in [-0.1, -0.05) is 19.1 Å². The molecule has 3 nitrogen and oxygen atoms in total. The van der Waals surface area contributed by atoms with Crippen molar-refractivity contribution in [3.63, 3.8) is 0 Å². The normalized spacial score (nSPS) is 12.1. The van der Waals surface area contributed by atoms with Gasteiger partial charge in [0.15, 0.2) is 0 Å². The molecule has 0 fully saturated rings. The summed E-state index contributed by atoms with van der Waals surface area (Å²) in [5.41, 5.74) is 7.64. The second kappa shape index (κ2) is 7.09. The molecular formula is C17H20FNO2. The lowest BCUT2D eigenvalue weighted by Crippen LogP contribution is -2.21. The molecule has 0 spiro atoms. The Hall–Kier alpha value is -2.07. The second-order valence-electron chi connectivity index (χ2n) is 5.12. The number of nitrogens with two attached hydrogens (primary N) is 1. The van der Waals surface area contributed by atoms with Crippen molar-refractivity contribution >= 4 is 0 Å². The molecule has 0 bridgehead atoms. The zero-order valence-electron chi connectivity index (χ0n) is 12.1. The Bertz CT molecular complexity index is 584. The Morgan fingerprint density at radius 3 is 2.52 bits per heavy atom. The first-order chi connectivity index (χ1) is 10.1. The van der Waals surface area contributed by atoms with Gasteiger partial charge in [-0.05, 0) is 48.2 Å². The van der Waals surface area contributed by atoms with Crippen LogP contribution < -0.4 is 10.5 Å². The quantitative estimate of drug-likeness (QED) is 0.857. The number of ether oxygens (including phenoxy) is 1. The van der Waals surface area contributed by atoms with Crippen LogP contribution in [0.5, 0.6) is 11.5 Å². The summed E-state index contributed by atoms with van der Waals surface area (Å²) < 4.78 is 19.2. The molecule has 1 atom stereocenters. The van der Waals surface area contributed by atoms with Crippen molar-refractivity contribution in [2.75, 3.05) is 0 Å². The summed E-state index contributed by atoms with van der Waals surface area (Å²) in [6.45, 7) is 2.33. The van der Waals surface area contributed by atoms with Crippen molar-refractivity contribution in [1.82, 2.24) is 0 Å². The molecule has 0 saturated carbocycles. The first-order valence-electron chi connectivity index (χ1n) is 7.02. The Kier molecular flexibility index (Phi) is 5.17. The van der Waals surface area contributed by atoms with E-state index < -0.39 is 0 Å². The molecule has 0 radical (unpaired) electrons. The molecule has 2 aromatic carbocycles. The summed E-state index contributed by atoms with van der Waals surface area (Å²) >= 11 is 0. The molecule has 0 saturated heterocycles. The predicted molar refractivity (Wildman–Crippen MR) is 80.8 cm³/mol. The second-order valence-corrected chi connectivity index (χ2v) is 5.12. The van der Waals surface area contributed by atoms with E-state index in [0.29, 0.717) is 18.8 Å². The fourth-order valence-electron chi connectivity index (χ4n) is 2.03. The van der Waals surface area contributed by atoms with Gasteiger partial charge in [-0.25, -0.2) is 4.39 Å². The molecule has 3 N–H and O–H groups in total. The van der Waals surface area contributed by atoms with Gasteiger partial charge in [-0.2, -0.15) is 0 Å². The molecule has 0 aliphatic rings. The van der Waals surface area contributed by atoms with E-state index in [9.17, 15) is 9.50 Å². The Balaban J connectivity index is 2.04. The lowest BCUT2D eigenvalue weighted by molar-refractivity contribution is 0.304. The van der Waals surface area contributed by atoms with Crippen LogP contribution in [0.3, 0.4) is 0 Å². The number of phenols is 1. The predicted octanol–water partition coefficient (Wildman–Crippen LogP) is 3.39. The zero-order valence-corrected chi connectivity index (χ0v) is 12.1. The molecule has 1 unspecified atom stereocenters. The molecule has 4 heteroatoms. The van der Waals surface area contributed by atoms with Crippen molar-refractivity contribution in [2.45, 2.75) is 32.4 Å². The maximum absolute atomic E-state index is 13.6. The van der Waals surface area contributed by atoms with E-state index in [1.54, 1.807) is 24.3 Å². The summed E-state index contributed by atoms with van der Waals surface area (Å²) in [6.07, 6.45) is 1.48. The molecule has 0 aliphatic heterocycles. The van der Waals surface area contributed by atoms with E-state index >= 15 is 0 Å². The highest BCUT2D eigenvalue weighted by atomic mass is 19.1. The smallest absolute Gasteiger partial charge is 0.127 e. The van der Waals surface area contributed by atoms with Gasteiger partial charge >= 0.3 is 0 Å². The average Bonchev–Trinajstić information content (AvgIpc) is 2.46. The molecule has 2 rings (SSSR count). The maximum Gasteiger partial charge on any atom is 0.127 e. The fraction of sp³-hybridized carbons (Fsp3) is 0.294. The molecule has 0 aliphatic carbocycles. The summed E-state index contributed by atoms with van der Waals surface area (Å²) in [4.78, 5) is 0. The van der Waals surface area contributed by atoms with Crippen molar-refractivity contribution in [3.05, 3.63) is 59.4 Å². The van der Waals surface area contributed by atoms with Crippen LogP contribution in [0.15, 0.2) is 42.5 Å². The van der Waals surface area contributed by atoms with Crippen LogP contribution in [0.25, 0.3) is 0 Å². The molecule has 2 aromatic rings. The van der Waals surface area contributed by atoms with Crippen molar-refractivity contribution in [1.29, 1.82) is 0 Å². The number of halogens is 1. The molecule has 0 heterocycles. The van der Waals surface area contributed by atoms with Crippen molar-refractivity contribution < 1.29 is 14.2 Å². The monoisotopic (exact) mass is 289 g/mol. The lowest BCUT2D eigenvalue weighted by atomic mass is 10.0. The number of rotatable bonds is 6. The van der Waals surface area contributed by atoms with Gasteiger partial charge in [-0.3, -0.25) is 0 Å². The van der Waals surface area contributed by atoms with E-state index in [4.69, 9.17) is 10.5 Å². The van der Waals surface area contributed by atoms with Gasteiger partial charge < -0.3 is 15.6 Å². The maximum atomic E-state index is 13.6. The van der Waals surface area contributed by atoms with Crippen molar-refractivity contribution in [3.8, 4) is 11.5 Å². The Morgan fingerprint density at radius 1 is 1.14 bits per heavy atom. The SMILES string of the molecule is CCC(N)Cc1cc(F)cc(OCc2ccc(O)cc2)c1. The average molecular weight is 289 g/mol. The van der Waals surface area contributed by atoms with Crippen LogP contribution in [-0.4, -0.2) is 11.1 Å². The number of hydrogen-bond donors (Lipinski definition) is 2. The van der Waals surface area contributed by atoms with E-state index in [1.165, 1.54) is 12.1 Å². The van der Waals surface area contributed by atoms with Gasteiger partial charge in [0, 0.05) is 12.1 Å². The van der Waals surface area contributed by atoms with Gasteiger partial charge in [0.25, 0.3) is 0 Å². The number of aromatic hydroxyl groups is 1. The number of benzene rings is 2. The molecule has 21 heavy (non-hydrogen) atoms. The van der Waals surface area contributed by atoms with E-state index in [1.807, 2.05) is 13.0 Å². The Labute approximate surface area is 124 Å². The third kappa shape index (κ3) is 4.76. The van der Waals surface area contributed by atoms with Crippen molar-refractivity contribution in [2.24, 2.45) is 5.73 Å². The van der Waals surface area contributed by atoms with Gasteiger partial charge in [0.2, 0.25) is 0 Å². The highest BCUT2D eigenvalue weighted by Crippen LogP contribution is 2.20. The highest BCUT2D eigenvalue weighted by molar-refractivity contribution is 5.31. The van der Waals surface area contributed by atoms with E-state index in [-0.39, 0.29) is 17.6 Å². The van der Waals surface area contributed by atoms with Gasteiger partial charge in [0.05, 0.1) is 0 Å². The minimum absolute atomic E-state index is 0.0248. The number of phenolic OH excluding ortho intramolecular Hbond substituents is 1. The molecule has 0 amide bonds. The lowest BCUT2D eigenvalue weighted by Gasteiger charge is -2.12. The third-order valence-corrected chi connectivity index (χ3v) is 3.30. The van der Waals surface area contributed by atoms with Crippen LogP contribution in [0.4, 0.5) is 4.39 Å². The fourth-order valence-corrected chi connectivity index (χ4v) is 2.03. The Morgan fingerprint density at radius 2 is 1.86 bits per heavy atom. The third-order valence-electron chi connectivity index (χ3n) is 3.30. The van der Waals surface area contributed by atoms with Crippen LogP contribution in [0, 0.1) is 5.82 Å². The minimum atomic E-state index is -0.323.